The molecular formula is C26H34O3Si. The van der Waals surface area contributed by atoms with Crippen molar-refractivity contribution < 1.29 is 14.0 Å². The smallest absolute Gasteiger partial charge is 0.261 e. The van der Waals surface area contributed by atoms with Gasteiger partial charge in [-0.15, -0.1) is 0 Å². The Morgan fingerprint density at radius 1 is 1.03 bits per heavy atom. The van der Waals surface area contributed by atoms with E-state index in [0.717, 1.165) is 25.5 Å². The van der Waals surface area contributed by atoms with E-state index in [1.54, 1.807) is 0 Å². The second kappa shape index (κ2) is 9.86. The number of allylic oxidation sites excluding steroid dienone is 1. The van der Waals surface area contributed by atoms with E-state index in [-0.39, 0.29) is 23.4 Å². The van der Waals surface area contributed by atoms with E-state index in [0.29, 0.717) is 0 Å². The largest absolute Gasteiger partial charge is 0.402 e. The van der Waals surface area contributed by atoms with Gasteiger partial charge in [0.2, 0.25) is 0 Å². The fraction of sp³-hybridized carbons (Fsp3) is 0.423. The first-order chi connectivity index (χ1) is 14.4. The normalized spacial score (nSPS) is 20.7. The first-order valence-electron chi connectivity index (χ1n) is 11.0. The van der Waals surface area contributed by atoms with E-state index < -0.39 is 8.32 Å². The number of aldehydes is 1. The van der Waals surface area contributed by atoms with Crippen molar-refractivity contribution >= 4 is 25.0 Å². The lowest BCUT2D eigenvalue weighted by atomic mass is 9.98. The van der Waals surface area contributed by atoms with Crippen LogP contribution in [0.25, 0.3) is 0 Å². The summed E-state index contributed by atoms with van der Waals surface area (Å²) < 4.78 is 13.2. The van der Waals surface area contributed by atoms with Gasteiger partial charge in [-0.2, -0.15) is 0 Å². The highest BCUT2D eigenvalue weighted by Crippen LogP contribution is 2.39. The summed E-state index contributed by atoms with van der Waals surface area (Å²) >= 11 is 0. The second-order valence-corrected chi connectivity index (χ2v) is 13.3. The molecule has 0 aromatic heterocycles. The van der Waals surface area contributed by atoms with Gasteiger partial charge in [0.25, 0.3) is 8.32 Å². The average molecular weight is 423 g/mol. The molecule has 1 aliphatic heterocycles. The average Bonchev–Trinajstić information content (AvgIpc) is 2.71. The molecule has 3 rings (SSSR count). The SMILES string of the molecule is CC/C=C/C[C@@H](O[Si](c1ccccc1)(c1ccccc1)C(C)(C)C)[C@H]1C[C@@H](C=O)O1. The summed E-state index contributed by atoms with van der Waals surface area (Å²) in [6, 6.07) is 21.3. The van der Waals surface area contributed by atoms with Crippen LogP contribution in [0.3, 0.4) is 0 Å². The van der Waals surface area contributed by atoms with Gasteiger partial charge in [0, 0.05) is 6.42 Å². The van der Waals surface area contributed by atoms with Gasteiger partial charge in [0.15, 0.2) is 0 Å². The minimum Gasteiger partial charge on any atom is -0.402 e. The highest BCUT2D eigenvalue weighted by molar-refractivity contribution is 6.99. The van der Waals surface area contributed by atoms with Crippen molar-refractivity contribution in [3.63, 3.8) is 0 Å². The molecule has 1 aliphatic rings. The Kier molecular flexibility index (Phi) is 7.45. The molecule has 0 spiro atoms. The number of hydrogen-bond donors (Lipinski definition) is 0. The Labute approximate surface area is 182 Å². The van der Waals surface area contributed by atoms with Gasteiger partial charge in [-0.05, 0) is 28.3 Å². The molecule has 4 heteroatoms. The highest BCUT2D eigenvalue weighted by atomic mass is 28.4. The molecular weight excluding hydrogens is 388 g/mol. The molecule has 1 heterocycles. The fourth-order valence-electron chi connectivity index (χ4n) is 4.36. The molecule has 0 amide bonds. The van der Waals surface area contributed by atoms with Crippen LogP contribution >= 0.6 is 0 Å². The molecule has 3 atom stereocenters. The minimum absolute atomic E-state index is 0.0524. The zero-order valence-corrected chi connectivity index (χ0v) is 19.6. The summed E-state index contributed by atoms with van der Waals surface area (Å²) in [4.78, 5) is 11.1. The topological polar surface area (TPSA) is 35.5 Å². The van der Waals surface area contributed by atoms with Gasteiger partial charge >= 0.3 is 0 Å². The van der Waals surface area contributed by atoms with Crippen LogP contribution in [0, 0.1) is 0 Å². The molecule has 30 heavy (non-hydrogen) atoms. The number of rotatable bonds is 9. The Bertz CT molecular complexity index is 781. The summed E-state index contributed by atoms with van der Waals surface area (Å²) in [6.45, 7) is 8.99. The molecule has 0 aliphatic carbocycles. The van der Waals surface area contributed by atoms with Crippen LogP contribution in [0.2, 0.25) is 5.04 Å². The summed E-state index contributed by atoms with van der Waals surface area (Å²) in [5.41, 5.74) is 0. The third-order valence-electron chi connectivity index (χ3n) is 5.90. The zero-order chi connectivity index (χ0) is 21.6. The third kappa shape index (κ3) is 4.66. The lowest BCUT2D eigenvalue weighted by molar-refractivity contribution is -0.169. The Hall–Kier alpha value is -2.01. The van der Waals surface area contributed by atoms with Crippen molar-refractivity contribution in [1.82, 2.24) is 0 Å². The second-order valence-electron chi connectivity index (χ2n) is 9.02. The molecule has 0 unspecified atom stereocenters. The van der Waals surface area contributed by atoms with Crippen LogP contribution in [0.15, 0.2) is 72.8 Å². The summed E-state index contributed by atoms with van der Waals surface area (Å²) in [5, 5.41) is 2.44. The van der Waals surface area contributed by atoms with Crippen LogP contribution in [-0.2, 0) is 14.0 Å². The van der Waals surface area contributed by atoms with Gasteiger partial charge in [-0.3, -0.25) is 0 Å². The molecule has 3 nitrogen and oxygen atoms in total. The first kappa shape index (κ1) is 22.7. The van der Waals surface area contributed by atoms with Crippen molar-refractivity contribution in [3.8, 4) is 0 Å². The molecule has 1 fully saturated rings. The molecule has 0 saturated carbocycles. The Morgan fingerprint density at radius 3 is 2.00 bits per heavy atom. The Morgan fingerprint density at radius 2 is 1.57 bits per heavy atom. The predicted octanol–water partition coefficient (Wildman–Crippen LogP) is 4.64. The lowest BCUT2D eigenvalue weighted by Gasteiger charge is -2.48. The maximum atomic E-state index is 11.1. The van der Waals surface area contributed by atoms with Gasteiger partial charge in [0.1, 0.15) is 12.4 Å². The first-order valence-corrected chi connectivity index (χ1v) is 12.9. The van der Waals surface area contributed by atoms with Crippen LogP contribution < -0.4 is 10.4 Å². The number of carbonyl (C=O) groups excluding carboxylic acids is 1. The molecule has 0 N–H and O–H groups in total. The van der Waals surface area contributed by atoms with E-state index in [9.17, 15) is 4.79 Å². The zero-order valence-electron chi connectivity index (χ0n) is 18.6. The summed E-state index contributed by atoms with van der Waals surface area (Å²) in [6.07, 6.45) is 7.35. The number of carbonyl (C=O) groups is 1. The number of ether oxygens (including phenoxy) is 1. The molecule has 160 valence electrons. The van der Waals surface area contributed by atoms with Crippen molar-refractivity contribution in [2.45, 2.75) is 70.3 Å². The maximum Gasteiger partial charge on any atom is 0.261 e. The minimum atomic E-state index is -2.65. The third-order valence-corrected chi connectivity index (χ3v) is 11.0. The molecule has 2 aromatic carbocycles. The molecule has 0 bridgehead atoms. The number of hydrogen-bond acceptors (Lipinski definition) is 3. The van der Waals surface area contributed by atoms with E-state index in [1.807, 2.05) is 0 Å². The van der Waals surface area contributed by atoms with E-state index in [2.05, 4.69) is 101 Å². The highest BCUT2D eigenvalue weighted by Gasteiger charge is 2.53. The summed E-state index contributed by atoms with van der Waals surface area (Å²) in [5.74, 6) is 0. The van der Waals surface area contributed by atoms with Gasteiger partial charge in [-0.1, -0.05) is 101 Å². The van der Waals surface area contributed by atoms with Gasteiger partial charge < -0.3 is 14.0 Å². The molecule has 2 aromatic rings. The quantitative estimate of drug-likeness (QED) is 0.335. The van der Waals surface area contributed by atoms with Crippen molar-refractivity contribution in [2.75, 3.05) is 0 Å². The van der Waals surface area contributed by atoms with E-state index in [4.69, 9.17) is 9.16 Å². The maximum absolute atomic E-state index is 11.1. The fourth-order valence-corrected chi connectivity index (χ4v) is 9.08. The van der Waals surface area contributed by atoms with Crippen LogP contribution in [0.1, 0.15) is 47.0 Å². The molecule has 1 saturated heterocycles. The van der Waals surface area contributed by atoms with Crippen LogP contribution in [-0.4, -0.2) is 32.9 Å². The molecule has 0 radical (unpaired) electrons. The summed E-state index contributed by atoms with van der Waals surface area (Å²) in [7, 11) is -2.65. The van der Waals surface area contributed by atoms with Crippen molar-refractivity contribution in [2.24, 2.45) is 0 Å². The van der Waals surface area contributed by atoms with E-state index in [1.165, 1.54) is 10.4 Å². The predicted molar refractivity (Wildman–Crippen MR) is 126 cm³/mol. The monoisotopic (exact) mass is 422 g/mol. The lowest BCUT2D eigenvalue weighted by Crippen LogP contribution is -2.69. The van der Waals surface area contributed by atoms with Gasteiger partial charge in [-0.25, -0.2) is 0 Å². The Balaban J connectivity index is 2.08. The van der Waals surface area contributed by atoms with Crippen molar-refractivity contribution in [1.29, 1.82) is 0 Å². The standard InChI is InChI=1S/C26H34O3Si/c1-5-6-9-18-24(25-19-21(20-27)28-25)29-30(26(2,3)4,22-14-10-7-11-15-22)23-16-12-8-13-17-23/h6-17,20-21,24-25H,5,18-19H2,1-4H3/b9-6+/t21-,24+,25+/m0/s1. The van der Waals surface area contributed by atoms with Crippen LogP contribution in [0.5, 0.6) is 0 Å². The van der Waals surface area contributed by atoms with E-state index >= 15 is 0 Å². The number of benzene rings is 2. The van der Waals surface area contributed by atoms with Gasteiger partial charge in [0.05, 0.1) is 12.2 Å². The van der Waals surface area contributed by atoms with Crippen molar-refractivity contribution in [3.05, 3.63) is 72.8 Å². The van der Waals surface area contributed by atoms with Crippen LogP contribution in [0.4, 0.5) is 0 Å².